The lowest BCUT2D eigenvalue weighted by Crippen LogP contribution is -2.41. The summed E-state index contributed by atoms with van der Waals surface area (Å²) >= 11 is 0. The van der Waals surface area contributed by atoms with Crippen molar-refractivity contribution in [1.29, 1.82) is 0 Å². The average Bonchev–Trinajstić information content (AvgIpc) is 2.76. The maximum Gasteiger partial charge on any atom is 0.287 e. The Morgan fingerprint density at radius 2 is 2.41 bits per heavy atom. The molecule has 5 N–H and O–H groups in total. The molecule has 0 aromatic carbocycles. The maximum absolute atomic E-state index is 11.7. The van der Waals surface area contributed by atoms with E-state index in [-0.39, 0.29) is 5.91 Å². The Balaban J connectivity index is 2.11. The molecule has 0 bridgehead atoms. The van der Waals surface area contributed by atoms with Crippen LogP contribution in [0.15, 0.2) is 11.2 Å². The number of nitrogens with two attached hydrogens (primary N) is 1. The summed E-state index contributed by atoms with van der Waals surface area (Å²) in [6.07, 6.45) is 0. The van der Waals surface area contributed by atoms with Gasteiger partial charge in [-0.1, -0.05) is 0 Å². The average molecular weight is 234 g/mol. The second-order valence-electron chi connectivity index (χ2n) is 4.11. The third kappa shape index (κ3) is 1.51. The molecule has 1 aromatic rings. The molecule has 0 atom stereocenters. The van der Waals surface area contributed by atoms with E-state index in [9.17, 15) is 4.79 Å². The highest BCUT2D eigenvalue weighted by Crippen LogP contribution is 2.21. The fourth-order valence-corrected chi connectivity index (χ4v) is 2.37. The molecule has 7 heteroatoms. The molecule has 0 saturated heterocycles. The first-order valence-electron chi connectivity index (χ1n) is 5.55. The number of rotatable bonds is 1. The molecule has 0 radical (unpaired) electrons. The van der Waals surface area contributed by atoms with E-state index in [2.05, 4.69) is 31.9 Å². The number of hydrazone groups is 1. The second kappa shape index (κ2) is 3.86. The van der Waals surface area contributed by atoms with Crippen molar-refractivity contribution in [2.45, 2.75) is 19.6 Å². The zero-order valence-corrected chi connectivity index (χ0v) is 9.29. The molecule has 0 fully saturated rings. The van der Waals surface area contributed by atoms with Crippen LogP contribution in [0.4, 0.5) is 0 Å². The fourth-order valence-electron chi connectivity index (χ4n) is 2.37. The number of aromatic nitrogens is 1. The van der Waals surface area contributed by atoms with Gasteiger partial charge in [0.1, 0.15) is 0 Å². The molecule has 1 aromatic heterocycles. The lowest BCUT2D eigenvalue weighted by atomic mass is 10.1. The van der Waals surface area contributed by atoms with Crippen LogP contribution in [-0.2, 0) is 24.4 Å². The Labute approximate surface area is 98.0 Å². The summed E-state index contributed by atoms with van der Waals surface area (Å²) < 4.78 is 2.14. The van der Waals surface area contributed by atoms with Crippen LogP contribution < -0.4 is 22.0 Å². The van der Waals surface area contributed by atoms with Crippen LogP contribution in [0.5, 0.6) is 0 Å². The predicted molar refractivity (Wildman–Crippen MR) is 61.8 cm³/mol. The van der Waals surface area contributed by atoms with E-state index in [1.807, 2.05) is 0 Å². The van der Waals surface area contributed by atoms with Crippen LogP contribution in [0.25, 0.3) is 0 Å². The summed E-state index contributed by atoms with van der Waals surface area (Å²) in [6, 6.07) is 2.10. The lowest BCUT2D eigenvalue weighted by molar-refractivity contribution is -0.114. The molecule has 7 nitrogen and oxygen atoms in total. The Kier molecular flexibility index (Phi) is 2.34. The zero-order chi connectivity index (χ0) is 11.8. The van der Waals surface area contributed by atoms with Crippen molar-refractivity contribution in [3.63, 3.8) is 0 Å². The topological polar surface area (TPSA) is 96.5 Å². The fraction of sp³-hybridized carbons (Fsp3) is 0.400. The zero-order valence-electron chi connectivity index (χ0n) is 9.29. The number of nitrogens with zero attached hydrogens (tertiary/aromatic N) is 2. The van der Waals surface area contributed by atoms with E-state index >= 15 is 0 Å². The number of hydrogen-bond acceptors (Lipinski definition) is 5. The summed E-state index contributed by atoms with van der Waals surface area (Å²) in [5.74, 6) is 4.81. The van der Waals surface area contributed by atoms with Crippen LogP contribution in [0, 0.1) is 0 Å². The van der Waals surface area contributed by atoms with E-state index in [0.717, 1.165) is 30.9 Å². The second-order valence-corrected chi connectivity index (χ2v) is 4.11. The van der Waals surface area contributed by atoms with Crippen molar-refractivity contribution < 1.29 is 4.79 Å². The minimum atomic E-state index is -0.363. The van der Waals surface area contributed by atoms with Crippen molar-refractivity contribution in [2.24, 2.45) is 10.9 Å². The molecule has 3 heterocycles. The summed E-state index contributed by atoms with van der Waals surface area (Å²) in [4.78, 5) is 11.7. The van der Waals surface area contributed by atoms with Crippen LogP contribution >= 0.6 is 0 Å². The van der Waals surface area contributed by atoms with Crippen molar-refractivity contribution in [3.05, 3.63) is 23.0 Å². The normalized spacial score (nSPS) is 17.6. The summed E-state index contributed by atoms with van der Waals surface area (Å²) in [5, 5.41) is 7.36. The van der Waals surface area contributed by atoms with Crippen LogP contribution in [-0.4, -0.2) is 22.7 Å². The third-order valence-corrected chi connectivity index (χ3v) is 3.11. The first kappa shape index (κ1) is 10.3. The quantitative estimate of drug-likeness (QED) is 0.267. The molecule has 1 amide bonds. The van der Waals surface area contributed by atoms with Gasteiger partial charge in [-0.2, -0.15) is 5.10 Å². The Morgan fingerprint density at radius 1 is 1.53 bits per heavy atom. The Hall–Kier alpha value is -1.86. The molecule has 90 valence electrons. The largest absolute Gasteiger partial charge is 0.340 e. The number of nitrogens with one attached hydrogen (secondary N) is 3. The molecule has 2 aliphatic heterocycles. The first-order valence-corrected chi connectivity index (χ1v) is 5.55. The van der Waals surface area contributed by atoms with Gasteiger partial charge in [0.15, 0.2) is 5.71 Å². The molecular formula is C10H14N6O. The van der Waals surface area contributed by atoms with Gasteiger partial charge < -0.3 is 15.3 Å². The smallest absolute Gasteiger partial charge is 0.287 e. The SMILES string of the molecule is NNC(=O)C1=NNCc2cc3n(c21)CCNC3. The van der Waals surface area contributed by atoms with E-state index in [1.165, 1.54) is 5.69 Å². The van der Waals surface area contributed by atoms with Gasteiger partial charge in [-0.05, 0) is 6.07 Å². The summed E-state index contributed by atoms with van der Waals surface area (Å²) in [6.45, 7) is 3.22. The van der Waals surface area contributed by atoms with Gasteiger partial charge in [-0.25, -0.2) is 5.84 Å². The highest BCUT2D eigenvalue weighted by atomic mass is 16.2. The molecule has 0 saturated carbocycles. The standard InChI is InChI=1S/C10H14N6O/c11-14-10(17)8-9-6(4-13-15-8)3-7-5-12-1-2-16(7)9/h3,12-13H,1-2,4-5,11H2,(H,14,17). The van der Waals surface area contributed by atoms with Crippen molar-refractivity contribution in [1.82, 2.24) is 20.7 Å². The van der Waals surface area contributed by atoms with Gasteiger partial charge in [0.2, 0.25) is 0 Å². The summed E-state index contributed by atoms with van der Waals surface area (Å²) in [7, 11) is 0. The van der Waals surface area contributed by atoms with E-state index < -0.39 is 0 Å². The maximum atomic E-state index is 11.7. The molecule has 0 spiro atoms. The van der Waals surface area contributed by atoms with Crippen molar-refractivity contribution >= 4 is 11.6 Å². The van der Waals surface area contributed by atoms with Gasteiger partial charge in [0.05, 0.1) is 12.2 Å². The van der Waals surface area contributed by atoms with Crippen molar-refractivity contribution in [3.8, 4) is 0 Å². The highest BCUT2D eigenvalue weighted by molar-refractivity contribution is 6.45. The summed E-state index contributed by atoms with van der Waals surface area (Å²) in [5.41, 5.74) is 8.52. The number of hydrogen-bond donors (Lipinski definition) is 4. The molecule has 0 unspecified atom stereocenters. The minimum absolute atomic E-state index is 0.363. The van der Waals surface area contributed by atoms with E-state index in [0.29, 0.717) is 12.3 Å². The van der Waals surface area contributed by atoms with Gasteiger partial charge in [0, 0.05) is 30.9 Å². The number of hydrazine groups is 1. The van der Waals surface area contributed by atoms with Gasteiger partial charge in [-0.15, -0.1) is 0 Å². The Morgan fingerprint density at radius 3 is 3.24 bits per heavy atom. The number of carbonyl (C=O) groups is 1. The molecule has 3 rings (SSSR count). The van der Waals surface area contributed by atoms with Gasteiger partial charge >= 0.3 is 0 Å². The Bertz CT molecular complexity index is 503. The van der Waals surface area contributed by atoms with Gasteiger partial charge in [-0.3, -0.25) is 10.2 Å². The molecular weight excluding hydrogens is 220 g/mol. The van der Waals surface area contributed by atoms with E-state index in [1.54, 1.807) is 0 Å². The molecule has 2 aliphatic rings. The number of amides is 1. The van der Waals surface area contributed by atoms with E-state index in [4.69, 9.17) is 5.84 Å². The lowest BCUT2D eigenvalue weighted by Gasteiger charge is -2.21. The molecule has 17 heavy (non-hydrogen) atoms. The van der Waals surface area contributed by atoms with Crippen LogP contribution in [0.1, 0.15) is 17.0 Å². The third-order valence-electron chi connectivity index (χ3n) is 3.11. The van der Waals surface area contributed by atoms with Crippen molar-refractivity contribution in [2.75, 3.05) is 6.54 Å². The number of carbonyl (C=O) groups excluding carboxylic acids is 1. The van der Waals surface area contributed by atoms with Crippen LogP contribution in [0.2, 0.25) is 0 Å². The monoisotopic (exact) mass is 234 g/mol. The first-order chi connectivity index (χ1) is 8.31. The minimum Gasteiger partial charge on any atom is -0.340 e. The predicted octanol–water partition coefficient (Wildman–Crippen LogP) is -1.61. The highest BCUT2D eigenvalue weighted by Gasteiger charge is 2.27. The molecule has 0 aliphatic carbocycles. The van der Waals surface area contributed by atoms with Crippen LogP contribution in [0.3, 0.4) is 0 Å². The van der Waals surface area contributed by atoms with Gasteiger partial charge in [0.25, 0.3) is 5.91 Å². The number of fused-ring (bicyclic) bond motifs is 3.